The number of nitrogens with two attached hydrogens (primary N) is 1. The van der Waals surface area contributed by atoms with E-state index in [1.54, 1.807) is 4.72 Å². The Bertz CT molecular complexity index is 500. The van der Waals surface area contributed by atoms with Crippen molar-refractivity contribution in [2.24, 2.45) is 5.14 Å². The van der Waals surface area contributed by atoms with Gasteiger partial charge in [0.05, 0.1) is 11.3 Å². The van der Waals surface area contributed by atoms with Crippen LogP contribution < -0.4 is 9.86 Å². The van der Waals surface area contributed by atoms with E-state index in [9.17, 15) is 17.6 Å². The van der Waals surface area contributed by atoms with Crippen molar-refractivity contribution in [2.45, 2.75) is 0 Å². The van der Waals surface area contributed by atoms with Gasteiger partial charge in [0, 0.05) is 0 Å². The number of carboxylic acids is 1. The maximum Gasteiger partial charge on any atom is 0.337 e. The third-order valence-electron chi connectivity index (χ3n) is 1.46. The molecule has 1 rings (SSSR count). The molecule has 0 atom stereocenters. The van der Waals surface area contributed by atoms with Crippen molar-refractivity contribution in [3.63, 3.8) is 0 Å². The van der Waals surface area contributed by atoms with Crippen LogP contribution in [0.1, 0.15) is 10.4 Å². The average Bonchev–Trinajstić information content (AvgIpc) is 2.05. The van der Waals surface area contributed by atoms with Gasteiger partial charge in [-0.25, -0.2) is 14.3 Å². The lowest BCUT2D eigenvalue weighted by atomic mass is 10.2. The molecule has 0 heterocycles. The van der Waals surface area contributed by atoms with Crippen LogP contribution in [0, 0.1) is 5.82 Å². The summed E-state index contributed by atoms with van der Waals surface area (Å²) >= 11 is 0. The van der Waals surface area contributed by atoms with Crippen molar-refractivity contribution in [1.82, 2.24) is 0 Å². The first-order valence-corrected chi connectivity index (χ1v) is 5.17. The van der Waals surface area contributed by atoms with Crippen molar-refractivity contribution in [1.29, 1.82) is 0 Å². The highest BCUT2D eigenvalue weighted by Crippen LogP contribution is 2.17. The summed E-state index contributed by atoms with van der Waals surface area (Å²) < 4.78 is 35.7. The van der Waals surface area contributed by atoms with Gasteiger partial charge in [-0.15, -0.1) is 0 Å². The van der Waals surface area contributed by atoms with Crippen molar-refractivity contribution in [2.75, 3.05) is 4.72 Å². The number of nitrogens with one attached hydrogen (secondary N) is 1. The topological polar surface area (TPSA) is 109 Å². The number of halogens is 1. The van der Waals surface area contributed by atoms with Crippen LogP contribution in [0.3, 0.4) is 0 Å². The highest BCUT2D eigenvalue weighted by atomic mass is 32.2. The number of aromatic carboxylic acids is 1. The zero-order valence-corrected chi connectivity index (χ0v) is 8.08. The number of rotatable bonds is 3. The van der Waals surface area contributed by atoms with Gasteiger partial charge in [-0.3, -0.25) is 4.72 Å². The number of carboxylic acid groups (broad SMARTS) is 1. The summed E-state index contributed by atoms with van der Waals surface area (Å²) in [5.74, 6) is -2.24. The summed E-state index contributed by atoms with van der Waals surface area (Å²) in [5.41, 5.74) is -0.796. The Hall–Kier alpha value is -1.67. The van der Waals surface area contributed by atoms with Crippen LogP contribution in [0.5, 0.6) is 0 Å². The number of carbonyl (C=O) groups is 1. The lowest BCUT2D eigenvalue weighted by Gasteiger charge is -2.06. The predicted molar refractivity (Wildman–Crippen MR) is 50.1 cm³/mol. The molecule has 0 amide bonds. The molecule has 1 aromatic rings. The molecule has 0 fully saturated rings. The minimum atomic E-state index is -4.08. The van der Waals surface area contributed by atoms with Gasteiger partial charge in [0.25, 0.3) is 10.2 Å². The van der Waals surface area contributed by atoms with Crippen molar-refractivity contribution < 1.29 is 22.7 Å². The Kier molecular flexibility index (Phi) is 2.91. The van der Waals surface area contributed by atoms with Crippen molar-refractivity contribution in [3.05, 3.63) is 29.6 Å². The number of anilines is 1. The van der Waals surface area contributed by atoms with E-state index >= 15 is 0 Å². The molecule has 82 valence electrons. The largest absolute Gasteiger partial charge is 0.478 e. The Labute approximate surface area is 84.7 Å². The fourth-order valence-electron chi connectivity index (χ4n) is 0.936. The number of hydrogen-bond acceptors (Lipinski definition) is 3. The maximum atomic E-state index is 12.7. The summed E-state index contributed by atoms with van der Waals surface area (Å²) in [7, 11) is -4.08. The van der Waals surface area contributed by atoms with Crippen LogP contribution in [0.25, 0.3) is 0 Å². The van der Waals surface area contributed by atoms with E-state index in [-0.39, 0.29) is 5.69 Å². The highest BCUT2D eigenvalue weighted by Gasteiger charge is 2.14. The standard InChI is InChI=1S/C7H7FN2O4S/c8-4-1-2-6(10-15(9,13)14)5(3-4)7(11)12/h1-3,10H,(H,11,12)(H2,9,13,14). The molecule has 0 radical (unpaired) electrons. The fraction of sp³-hybridized carbons (Fsp3) is 0. The fourth-order valence-corrected chi connectivity index (χ4v) is 1.42. The summed E-state index contributed by atoms with van der Waals surface area (Å²) in [6.07, 6.45) is 0. The smallest absolute Gasteiger partial charge is 0.337 e. The van der Waals surface area contributed by atoms with Crippen LogP contribution in [0.15, 0.2) is 18.2 Å². The Morgan fingerprint density at radius 2 is 2.07 bits per heavy atom. The van der Waals surface area contributed by atoms with Gasteiger partial charge in [-0.1, -0.05) is 0 Å². The summed E-state index contributed by atoms with van der Waals surface area (Å²) in [6.45, 7) is 0. The van der Waals surface area contributed by atoms with E-state index in [2.05, 4.69) is 5.14 Å². The monoisotopic (exact) mass is 234 g/mol. The molecule has 0 aromatic heterocycles. The molecule has 0 aliphatic rings. The summed E-state index contributed by atoms with van der Waals surface area (Å²) in [6, 6.07) is 2.58. The molecular formula is C7H7FN2O4S. The van der Waals surface area contributed by atoms with E-state index in [1.165, 1.54) is 0 Å². The molecule has 0 saturated heterocycles. The maximum absolute atomic E-state index is 12.7. The van der Waals surface area contributed by atoms with Crippen molar-refractivity contribution in [3.8, 4) is 0 Å². The molecule has 15 heavy (non-hydrogen) atoms. The molecule has 4 N–H and O–H groups in total. The van der Waals surface area contributed by atoms with Crippen LogP contribution in [0.4, 0.5) is 10.1 Å². The van der Waals surface area contributed by atoms with E-state index in [1.807, 2.05) is 0 Å². The second kappa shape index (κ2) is 3.83. The molecule has 0 bridgehead atoms. The first-order chi connectivity index (χ1) is 6.79. The van der Waals surface area contributed by atoms with Crippen LogP contribution in [-0.2, 0) is 10.2 Å². The predicted octanol–water partition coefficient (Wildman–Crippen LogP) is 0.139. The van der Waals surface area contributed by atoms with Gasteiger partial charge in [-0.05, 0) is 18.2 Å². The van der Waals surface area contributed by atoms with Crippen LogP contribution >= 0.6 is 0 Å². The van der Waals surface area contributed by atoms with E-state index < -0.39 is 27.6 Å². The van der Waals surface area contributed by atoms with Crippen molar-refractivity contribution >= 4 is 21.9 Å². The molecule has 0 saturated carbocycles. The first-order valence-electron chi connectivity index (χ1n) is 3.63. The van der Waals surface area contributed by atoms with E-state index in [4.69, 9.17) is 5.11 Å². The minimum absolute atomic E-state index is 0.286. The van der Waals surface area contributed by atoms with Gasteiger partial charge < -0.3 is 5.11 Å². The molecule has 6 nitrogen and oxygen atoms in total. The third kappa shape index (κ3) is 3.18. The first kappa shape index (κ1) is 11.4. The van der Waals surface area contributed by atoms with Crippen LogP contribution in [-0.4, -0.2) is 19.5 Å². The van der Waals surface area contributed by atoms with Gasteiger partial charge >= 0.3 is 5.97 Å². The van der Waals surface area contributed by atoms with E-state index in [0.717, 1.165) is 12.1 Å². The lowest BCUT2D eigenvalue weighted by molar-refractivity contribution is 0.0697. The Balaban J connectivity index is 3.24. The quantitative estimate of drug-likeness (QED) is 0.690. The van der Waals surface area contributed by atoms with Gasteiger partial charge in [-0.2, -0.15) is 8.42 Å². The van der Waals surface area contributed by atoms with Gasteiger partial charge in [0.15, 0.2) is 0 Å². The lowest BCUT2D eigenvalue weighted by Crippen LogP contribution is -2.23. The molecule has 8 heteroatoms. The molecule has 0 spiro atoms. The normalized spacial score (nSPS) is 11.1. The second-order valence-electron chi connectivity index (χ2n) is 2.64. The van der Waals surface area contributed by atoms with Crippen LogP contribution in [0.2, 0.25) is 0 Å². The third-order valence-corrected chi connectivity index (χ3v) is 1.97. The summed E-state index contributed by atoms with van der Waals surface area (Å²) in [5, 5.41) is 13.3. The molecule has 0 aliphatic heterocycles. The average molecular weight is 234 g/mol. The number of hydrogen-bond donors (Lipinski definition) is 3. The van der Waals surface area contributed by atoms with Gasteiger partial charge in [0.1, 0.15) is 5.82 Å². The highest BCUT2D eigenvalue weighted by molar-refractivity contribution is 7.90. The van der Waals surface area contributed by atoms with Gasteiger partial charge in [0.2, 0.25) is 0 Å². The molecular weight excluding hydrogens is 227 g/mol. The minimum Gasteiger partial charge on any atom is -0.478 e. The molecule has 1 aromatic carbocycles. The Morgan fingerprint density at radius 3 is 2.53 bits per heavy atom. The number of benzene rings is 1. The second-order valence-corrected chi connectivity index (χ2v) is 3.94. The Morgan fingerprint density at radius 1 is 1.47 bits per heavy atom. The van der Waals surface area contributed by atoms with E-state index in [0.29, 0.717) is 6.07 Å². The molecule has 0 unspecified atom stereocenters. The zero-order chi connectivity index (χ0) is 11.6. The summed E-state index contributed by atoms with van der Waals surface area (Å²) in [4.78, 5) is 10.6. The SMILES string of the molecule is NS(=O)(=O)Nc1ccc(F)cc1C(=O)O. The molecule has 0 aliphatic carbocycles. The zero-order valence-electron chi connectivity index (χ0n) is 7.27.